The Kier molecular flexibility index (Phi) is 5.51. The molecule has 0 aliphatic carbocycles. The van der Waals surface area contributed by atoms with Crippen LogP contribution in [0, 0.1) is 6.92 Å². The Hall–Kier alpha value is -2.95. The number of aryl methyl sites for hydroxylation is 1. The topological polar surface area (TPSA) is 55.5 Å². The maximum absolute atomic E-state index is 5.95. The zero-order valence-electron chi connectivity index (χ0n) is 15.5. The Bertz CT molecular complexity index is 1030. The summed E-state index contributed by atoms with van der Waals surface area (Å²) in [5.41, 5.74) is 4.62. The SMILES string of the molecule is Cc1ccc([C@H]([NH2+]Cc2nc(-c3ccc(Cl)cc3)no2)c2ccccc2)cc1. The largest absolute Gasteiger partial charge is 0.333 e. The van der Waals surface area contributed by atoms with Crippen molar-refractivity contribution in [2.24, 2.45) is 0 Å². The zero-order valence-corrected chi connectivity index (χ0v) is 16.3. The smallest absolute Gasteiger partial charge is 0.282 e. The molecule has 0 unspecified atom stereocenters. The summed E-state index contributed by atoms with van der Waals surface area (Å²) in [6.07, 6.45) is 0. The van der Waals surface area contributed by atoms with E-state index >= 15 is 0 Å². The first-order chi connectivity index (χ1) is 13.7. The third-order valence-electron chi connectivity index (χ3n) is 4.69. The maximum Gasteiger partial charge on any atom is 0.282 e. The summed E-state index contributed by atoms with van der Waals surface area (Å²) >= 11 is 5.95. The summed E-state index contributed by atoms with van der Waals surface area (Å²) in [4.78, 5) is 4.53. The first kappa shape index (κ1) is 18.4. The molecule has 2 N–H and O–H groups in total. The van der Waals surface area contributed by atoms with Gasteiger partial charge in [-0.1, -0.05) is 76.9 Å². The Morgan fingerprint density at radius 2 is 1.57 bits per heavy atom. The summed E-state index contributed by atoms with van der Waals surface area (Å²) in [6.45, 7) is 2.69. The van der Waals surface area contributed by atoms with Crippen LogP contribution in [0.5, 0.6) is 0 Å². The van der Waals surface area contributed by atoms with E-state index in [0.29, 0.717) is 23.3 Å². The van der Waals surface area contributed by atoms with E-state index in [0.717, 1.165) is 5.56 Å². The van der Waals surface area contributed by atoms with Crippen molar-refractivity contribution in [2.75, 3.05) is 0 Å². The molecule has 3 aromatic carbocycles. The van der Waals surface area contributed by atoms with Gasteiger partial charge < -0.3 is 9.84 Å². The molecule has 1 heterocycles. The Balaban J connectivity index is 1.53. The van der Waals surface area contributed by atoms with Crippen LogP contribution in [0.4, 0.5) is 0 Å². The maximum atomic E-state index is 5.95. The lowest BCUT2D eigenvalue weighted by atomic mass is 9.98. The van der Waals surface area contributed by atoms with Gasteiger partial charge in [0, 0.05) is 21.7 Å². The monoisotopic (exact) mass is 390 g/mol. The van der Waals surface area contributed by atoms with Gasteiger partial charge in [-0.05, 0) is 31.2 Å². The molecule has 140 valence electrons. The number of nitrogens with two attached hydrogens (primary N) is 1. The number of quaternary nitrogens is 1. The predicted octanol–water partition coefficient (Wildman–Crippen LogP) is 4.55. The van der Waals surface area contributed by atoms with Crippen LogP contribution in [0.25, 0.3) is 11.4 Å². The lowest BCUT2D eigenvalue weighted by Gasteiger charge is -2.16. The summed E-state index contributed by atoms with van der Waals surface area (Å²) in [5, 5.41) is 7.01. The van der Waals surface area contributed by atoms with Gasteiger partial charge in [0.15, 0.2) is 6.54 Å². The number of rotatable bonds is 6. The highest BCUT2D eigenvalue weighted by Gasteiger charge is 2.19. The molecule has 0 saturated heterocycles. The molecular weight excluding hydrogens is 370 g/mol. The van der Waals surface area contributed by atoms with E-state index in [1.807, 2.05) is 30.3 Å². The minimum absolute atomic E-state index is 0.160. The lowest BCUT2D eigenvalue weighted by Crippen LogP contribution is -2.84. The van der Waals surface area contributed by atoms with Gasteiger partial charge >= 0.3 is 0 Å². The molecule has 0 radical (unpaired) electrons. The molecule has 1 atom stereocenters. The number of hydrogen-bond acceptors (Lipinski definition) is 3. The predicted molar refractivity (Wildman–Crippen MR) is 110 cm³/mol. The summed E-state index contributed by atoms with van der Waals surface area (Å²) < 4.78 is 5.47. The second-order valence-electron chi connectivity index (χ2n) is 6.76. The van der Waals surface area contributed by atoms with Crippen molar-refractivity contribution < 1.29 is 9.84 Å². The van der Waals surface area contributed by atoms with E-state index in [2.05, 4.69) is 70.9 Å². The zero-order chi connectivity index (χ0) is 19.3. The van der Waals surface area contributed by atoms with Gasteiger partial charge in [0.05, 0.1) is 0 Å². The molecule has 0 fully saturated rings. The molecular formula is C23H21ClN3O+. The number of benzene rings is 3. The van der Waals surface area contributed by atoms with Gasteiger partial charge in [-0.15, -0.1) is 0 Å². The second kappa shape index (κ2) is 8.38. The quantitative estimate of drug-likeness (QED) is 0.525. The number of nitrogens with zero attached hydrogens (tertiary/aromatic N) is 2. The number of halogens is 1. The average Bonchev–Trinajstić information content (AvgIpc) is 3.20. The van der Waals surface area contributed by atoms with Crippen LogP contribution in [-0.2, 0) is 6.54 Å². The highest BCUT2D eigenvalue weighted by molar-refractivity contribution is 6.30. The average molecular weight is 391 g/mol. The third kappa shape index (κ3) is 4.30. The lowest BCUT2D eigenvalue weighted by molar-refractivity contribution is -0.704. The summed E-state index contributed by atoms with van der Waals surface area (Å²) in [7, 11) is 0. The molecule has 4 aromatic rings. The van der Waals surface area contributed by atoms with Crippen molar-refractivity contribution in [3.05, 3.63) is 106 Å². The van der Waals surface area contributed by atoms with Gasteiger partial charge in [0.1, 0.15) is 6.04 Å². The first-order valence-corrected chi connectivity index (χ1v) is 9.60. The van der Waals surface area contributed by atoms with Crippen LogP contribution in [0.15, 0.2) is 83.4 Å². The van der Waals surface area contributed by atoms with Crippen molar-refractivity contribution in [3.63, 3.8) is 0 Å². The molecule has 0 saturated carbocycles. The summed E-state index contributed by atoms with van der Waals surface area (Å²) in [6, 6.07) is 26.7. The van der Waals surface area contributed by atoms with E-state index in [1.54, 1.807) is 0 Å². The Labute approximate surface area is 169 Å². The standard InChI is InChI=1S/C23H20ClN3O/c1-16-7-9-18(10-8-16)22(17-5-3-2-4-6-17)25-15-21-26-23(27-28-21)19-11-13-20(24)14-12-19/h2-14,22,25H,15H2,1H3/p+1/t22-/m1/s1. The van der Waals surface area contributed by atoms with Crippen molar-refractivity contribution in [3.8, 4) is 11.4 Å². The normalized spacial score (nSPS) is 12.1. The van der Waals surface area contributed by atoms with Crippen molar-refractivity contribution in [1.29, 1.82) is 0 Å². The fraction of sp³-hybridized carbons (Fsp3) is 0.130. The van der Waals surface area contributed by atoms with Crippen LogP contribution >= 0.6 is 11.6 Å². The van der Waals surface area contributed by atoms with E-state index in [4.69, 9.17) is 16.1 Å². The van der Waals surface area contributed by atoms with E-state index < -0.39 is 0 Å². The number of hydrogen-bond donors (Lipinski definition) is 1. The highest BCUT2D eigenvalue weighted by atomic mass is 35.5. The molecule has 4 nitrogen and oxygen atoms in total. The fourth-order valence-corrected chi connectivity index (χ4v) is 3.30. The molecule has 5 heteroatoms. The Morgan fingerprint density at radius 3 is 2.29 bits per heavy atom. The Morgan fingerprint density at radius 1 is 0.893 bits per heavy atom. The molecule has 0 aliphatic heterocycles. The molecule has 0 aliphatic rings. The van der Waals surface area contributed by atoms with Crippen LogP contribution < -0.4 is 5.32 Å². The molecule has 0 spiro atoms. The molecule has 0 amide bonds. The second-order valence-corrected chi connectivity index (χ2v) is 7.19. The highest BCUT2D eigenvalue weighted by Crippen LogP contribution is 2.20. The molecule has 4 rings (SSSR count). The van der Waals surface area contributed by atoms with Crippen molar-refractivity contribution in [2.45, 2.75) is 19.5 Å². The minimum Gasteiger partial charge on any atom is -0.333 e. The van der Waals surface area contributed by atoms with Crippen LogP contribution in [0.3, 0.4) is 0 Å². The van der Waals surface area contributed by atoms with Crippen molar-refractivity contribution in [1.82, 2.24) is 10.1 Å². The third-order valence-corrected chi connectivity index (χ3v) is 4.95. The van der Waals surface area contributed by atoms with Gasteiger partial charge in [-0.3, -0.25) is 0 Å². The number of aromatic nitrogens is 2. The minimum atomic E-state index is 0.160. The van der Waals surface area contributed by atoms with Crippen LogP contribution in [-0.4, -0.2) is 10.1 Å². The first-order valence-electron chi connectivity index (χ1n) is 9.22. The van der Waals surface area contributed by atoms with Gasteiger partial charge in [0.25, 0.3) is 5.89 Å². The van der Waals surface area contributed by atoms with Gasteiger partial charge in [-0.25, -0.2) is 0 Å². The molecule has 0 bridgehead atoms. The van der Waals surface area contributed by atoms with Crippen LogP contribution in [0.1, 0.15) is 28.6 Å². The van der Waals surface area contributed by atoms with Gasteiger partial charge in [-0.2, -0.15) is 4.98 Å². The van der Waals surface area contributed by atoms with E-state index in [1.165, 1.54) is 16.7 Å². The van der Waals surface area contributed by atoms with Gasteiger partial charge in [0.2, 0.25) is 5.82 Å². The fourth-order valence-electron chi connectivity index (χ4n) is 3.17. The summed E-state index contributed by atoms with van der Waals surface area (Å²) in [5.74, 6) is 1.17. The van der Waals surface area contributed by atoms with Crippen LogP contribution in [0.2, 0.25) is 5.02 Å². The van der Waals surface area contributed by atoms with E-state index in [9.17, 15) is 0 Å². The van der Waals surface area contributed by atoms with E-state index in [-0.39, 0.29) is 6.04 Å². The molecule has 1 aromatic heterocycles. The van der Waals surface area contributed by atoms with Crippen molar-refractivity contribution >= 4 is 11.6 Å². The molecule has 28 heavy (non-hydrogen) atoms.